The van der Waals surface area contributed by atoms with Gasteiger partial charge < -0.3 is 38.9 Å². The Morgan fingerprint density at radius 1 is 1.26 bits per heavy atom. The molecule has 0 aromatic rings. The summed E-state index contributed by atoms with van der Waals surface area (Å²) >= 11 is -2.07. The van der Waals surface area contributed by atoms with E-state index in [4.69, 9.17) is 11.5 Å². The molecule has 1 atom stereocenters. The minimum atomic E-state index is -2.07. The number of rotatable bonds is 3. The van der Waals surface area contributed by atoms with Gasteiger partial charge in [0.15, 0.2) is 0 Å². The summed E-state index contributed by atoms with van der Waals surface area (Å²) in [4.78, 5) is 4.26. The van der Waals surface area contributed by atoms with Crippen LogP contribution in [0.15, 0.2) is 5.16 Å². The molecule has 1 radical (unpaired) electrons. The Morgan fingerprint density at radius 2 is 1.48 bits per heavy atom. The van der Waals surface area contributed by atoms with Gasteiger partial charge >= 0.3 is 18.6 Å². The molecule has 147 valence electrons. The maximum Gasteiger partial charge on any atom is 2.00 e. The van der Waals surface area contributed by atoms with E-state index in [0.29, 0.717) is 6.67 Å². The average molecular weight is 398 g/mol. The molecule has 0 saturated carbocycles. The quantitative estimate of drug-likeness (QED) is 0.181. The first-order valence-corrected chi connectivity index (χ1v) is 7.30. The molecule has 0 fully saturated rings. The maximum absolute atomic E-state index is 9.26. The zero-order valence-electron chi connectivity index (χ0n) is 16.4. The molecular weight excluding hydrogens is 359 g/mol. The molecule has 0 aromatic heterocycles. The van der Waals surface area contributed by atoms with Gasteiger partial charge in [0, 0.05) is 24.1 Å². The molecule has 23 heavy (non-hydrogen) atoms. The van der Waals surface area contributed by atoms with Crippen LogP contribution in [0.2, 0.25) is 0 Å². The topological polar surface area (TPSA) is 148 Å². The SMILES string of the molecule is CC.CC=NOC.CNC.CNCN.CNS(=O)[O-].C[NH-].[CH3-].[V+2]. The van der Waals surface area contributed by atoms with Gasteiger partial charge in [-0.05, 0) is 35.1 Å². The third-order valence-corrected chi connectivity index (χ3v) is 0.915. The van der Waals surface area contributed by atoms with Crippen molar-refractivity contribution in [3.8, 4) is 0 Å². The van der Waals surface area contributed by atoms with Crippen molar-refractivity contribution in [3.05, 3.63) is 13.2 Å². The van der Waals surface area contributed by atoms with E-state index in [0.717, 1.165) is 0 Å². The van der Waals surface area contributed by atoms with Gasteiger partial charge in [-0.3, -0.25) is 8.93 Å². The molecule has 6 N–H and O–H groups in total. The molecule has 0 heterocycles. The zero-order chi connectivity index (χ0) is 18.5. The fourth-order valence-corrected chi connectivity index (χ4v) is 0.105. The van der Waals surface area contributed by atoms with Crippen LogP contribution < -0.4 is 21.1 Å². The summed E-state index contributed by atoms with van der Waals surface area (Å²) in [5.74, 6) is 0. The Labute approximate surface area is 159 Å². The summed E-state index contributed by atoms with van der Waals surface area (Å²) in [6, 6.07) is 0. The average Bonchev–Trinajstić information content (AvgIpc) is 2.53. The van der Waals surface area contributed by atoms with Gasteiger partial charge in [-0.2, -0.15) is 7.05 Å². The summed E-state index contributed by atoms with van der Waals surface area (Å²) in [6.07, 6.45) is 1.58. The predicted molar refractivity (Wildman–Crippen MR) is 100 cm³/mol. The van der Waals surface area contributed by atoms with E-state index in [-0.39, 0.29) is 26.0 Å². The molecule has 0 saturated heterocycles. The van der Waals surface area contributed by atoms with Crippen LogP contribution in [0, 0.1) is 7.43 Å². The van der Waals surface area contributed by atoms with Crippen LogP contribution in [0.25, 0.3) is 5.73 Å². The Kier molecular flexibility index (Phi) is 209. The third-order valence-electron chi connectivity index (χ3n) is 0.582. The Hall–Kier alpha value is -0.0356. The summed E-state index contributed by atoms with van der Waals surface area (Å²) < 4.78 is 20.5. The molecule has 0 spiro atoms. The predicted octanol–water partition coefficient (Wildman–Crippen LogP) is 0.738. The van der Waals surface area contributed by atoms with Crippen molar-refractivity contribution in [1.82, 2.24) is 15.4 Å². The first kappa shape index (κ1) is 49.5. The number of hydrogen-bond donors (Lipinski definition) is 4. The summed E-state index contributed by atoms with van der Waals surface area (Å²) in [6.45, 7) is 6.36. The van der Waals surface area contributed by atoms with E-state index in [1.54, 1.807) is 20.2 Å². The van der Waals surface area contributed by atoms with Gasteiger partial charge in [0.1, 0.15) is 7.11 Å². The number of nitrogens with zero attached hydrogens (tertiary/aromatic N) is 1. The van der Waals surface area contributed by atoms with Crippen LogP contribution >= 0.6 is 0 Å². The van der Waals surface area contributed by atoms with E-state index in [2.05, 4.69) is 20.6 Å². The molecule has 1 unspecified atom stereocenters. The van der Waals surface area contributed by atoms with Gasteiger partial charge in [0.2, 0.25) is 0 Å². The van der Waals surface area contributed by atoms with Crippen LogP contribution in [0.3, 0.4) is 0 Å². The van der Waals surface area contributed by atoms with Crippen LogP contribution in [0.4, 0.5) is 0 Å². The van der Waals surface area contributed by atoms with Gasteiger partial charge in [-0.1, -0.05) is 13.8 Å². The molecular formula is C12H39N6O3SV-. The van der Waals surface area contributed by atoms with Crippen LogP contribution in [-0.4, -0.2) is 64.0 Å². The van der Waals surface area contributed by atoms with Crippen molar-refractivity contribution in [2.24, 2.45) is 10.9 Å². The second-order valence-corrected chi connectivity index (χ2v) is 2.92. The van der Waals surface area contributed by atoms with Crippen molar-refractivity contribution < 1.29 is 32.2 Å². The number of oxime groups is 1. The minimum Gasteiger partial charge on any atom is -0.760 e. The first-order chi connectivity index (χ1) is 10.0. The monoisotopic (exact) mass is 398 g/mol. The molecule has 0 aliphatic heterocycles. The minimum absolute atomic E-state index is 0. The van der Waals surface area contributed by atoms with Crippen LogP contribution in [-0.2, 0) is 34.7 Å². The van der Waals surface area contributed by atoms with Crippen LogP contribution in [0.1, 0.15) is 20.8 Å². The van der Waals surface area contributed by atoms with Crippen molar-refractivity contribution >= 4 is 17.5 Å². The molecule has 0 aliphatic carbocycles. The first-order valence-electron chi connectivity index (χ1n) is 6.23. The smallest absolute Gasteiger partial charge is 0.760 e. The van der Waals surface area contributed by atoms with E-state index in [9.17, 15) is 8.76 Å². The zero-order valence-corrected chi connectivity index (χ0v) is 18.6. The van der Waals surface area contributed by atoms with E-state index in [1.807, 2.05) is 32.7 Å². The van der Waals surface area contributed by atoms with E-state index in [1.165, 1.54) is 21.2 Å². The van der Waals surface area contributed by atoms with E-state index >= 15 is 0 Å². The molecule has 0 bridgehead atoms. The summed E-state index contributed by atoms with van der Waals surface area (Å²) in [7, 11) is 9.66. The maximum atomic E-state index is 9.26. The van der Waals surface area contributed by atoms with Gasteiger partial charge in [0.25, 0.3) is 0 Å². The van der Waals surface area contributed by atoms with Crippen molar-refractivity contribution in [2.45, 2.75) is 20.8 Å². The second kappa shape index (κ2) is 97.2. The van der Waals surface area contributed by atoms with Gasteiger partial charge in [-0.25, -0.2) is 0 Å². The summed E-state index contributed by atoms with van der Waals surface area (Å²) in [5, 5.41) is 8.81. The Bertz CT molecular complexity index is 159. The Morgan fingerprint density at radius 3 is 1.48 bits per heavy atom. The molecule has 0 amide bonds. The van der Waals surface area contributed by atoms with Crippen molar-refractivity contribution in [3.63, 3.8) is 0 Å². The Balaban J connectivity index is -0.0000000199. The molecule has 0 aromatic carbocycles. The van der Waals surface area contributed by atoms with Crippen molar-refractivity contribution in [2.75, 3.05) is 49.0 Å². The molecule has 0 rings (SSSR count). The van der Waals surface area contributed by atoms with Crippen LogP contribution in [0.5, 0.6) is 0 Å². The van der Waals surface area contributed by atoms with E-state index < -0.39 is 11.3 Å². The van der Waals surface area contributed by atoms with Gasteiger partial charge in [0.05, 0.1) is 0 Å². The third kappa shape index (κ3) is 355. The second-order valence-electron chi connectivity index (χ2n) is 2.04. The van der Waals surface area contributed by atoms with Gasteiger partial charge in [-0.15, -0.1) is 5.16 Å². The standard InChI is InChI=1S/C3H7NO.C2H8N2.C2H7N.C2H6.CH5NO2S.CH4N.CH3.V/c1-3-4-5-2;1-4-2-3;1-3-2;1-2;1-2-5(3)4;1-2;;/h3H,1-2H3;4H,2-3H2,1H3;3H,1-2H3;1-2H3;2H,1H3,(H,3,4);2H,1H3;1H3;/q;;;;;2*-1;+2/p-1. The number of hydrogen-bond acceptors (Lipinski definition) is 7. The molecule has 0 aliphatic rings. The molecule has 11 heteroatoms. The largest absolute Gasteiger partial charge is 2.00 e. The number of nitrogens with two attached hydrogens (primary N) is 1. The summed E-state index contributed by atoms with van der Waals surface area (Å²) in [5.41, 5.74) is 10.7. The fourth-order valence-electron chi connectivity index (χ4n) is 0.105. The fraction of sp³-hybridized carbons (Fsp3) is 0.833. The number of nitrogens with one attached hydrogen (secondary N) is 4. The normalized spacial score (nSPS) is 7.83. The van der Waals surface area contributed by atoms with Crippen molar-refractivity contribution in [1.29, 1.82) is 0 Å². The molecule has 9 nitrogen and oxygen atoms in total.